The lowest BCUT2D eigenvalue weighted by atomic mass is 10.1. The quantitative estimate of drug-likeness (QED) is 0.373. The lowest BCUT2D eigenvalue weighted by molar-refractivity contribution is 0.336. The molecule has 0 aliphatic heterocycles. The van der Waals surface area contributed by atoms with Crippen LogP contribution in [0.2, 0.25) is 0 Å². The molecule has 0 spiro atoms. The lowest BCUT2D eigenvalue weighted by Crippen LogP contribution is -2.09. The van der Waals surface area contributed by atoms with Crippen LogP contribution in [0.3, 0.4) is 0 Å². The molecule has 0 aliphatic rings. The van der Waals surface area contributed by atoms with Crippen molar-refractivity contribution in [2.24, 2.45) is 0 Å². The molecule has 5 rings (SSSR count). The Morgan fingerprint density at radius 1 is 0.548 bits per heavy atom. The average molecular weight is 411 g/mol. The first kappa shape index (κ1) is 18.5. The van der Waals surface area contributed by atoms with Crippen LogP contribution < -0.4 is 4.90 Å². The van der Waals surface area contributed by atoms with Crippen molar-refractivity contribution in [2.75, 3.05) is 4.90 Å². The smallest absolute Gasteiger partial charge is 0.302 e. The van der Waals surface area contributed by atoms with E-state index in [0.29, 0.717) is 11.8 Å². The molecule has 0 fully saturated rings. The molecule has 0 bridgehead atoms. The van der Waals surface area contributed by atoms with Crippen LogP contribution in [0.5, 0.6) is 11.9 Å². The second-order valence-corrected chi connectivity index (χ2v) is 6.77. The van der Waals surface area contributed by atoms with Crippen molar-refractivity contribution >= 4 is 17.1 Å². The van der Waals surface area contributed by atoms with Crippen molar-refractivity contribution in [2.45, 2.75) is 0 Å². The highest BCUT2D eigenvalue weighted by molar-refractivity contribution is 5.78. The Balaban J connectivity index is 1.52. The summed E-state index contributed by atoms with van der Waals surface area (Å²) >= 11 is 0. The zero-order valence-corrected chi connectivity index (χ0v) is 16.2. The Kier molecular flexibility index (Phi) is 4.61. The van der Waals surface area contributed by atoms with Gasteiger partial charge in [0.05, 0.1) is 0 Å². The number of hydrogen-bond donors (Lipinski definition) is 2. The third-order valence-electron chi connectivity index (χ3n) is 4.75. The molecule has 0 amide bonds. The summed E-state index contributed by atoms with van der Waals surface area (Å²) in [5.41, 5.74) is 4.39. The fraction of sp³-hybridized carbons (Fsp3) is 0. The molecule has 7 heteroatoms. The van der Waals surface area contributed by atoms with Gasteiger partial charge in [-0.1, -0.05) is 18.2 Å². The topological polar surface area (TPSA) is 95.8 Å². The van der Waals surface area contributed by atoms with Gasteiger partial charge >= 0.3 is 11.9 Å². The fourth-order valence-corrected chi connectivity index (χ4v) is 3.33. The van der Waals surface area contributed by atoms with Crippen LogP contribution in [0, 0.1) is 0 Å². The second kappa shape index (κ2) is 7.72. The van der Waals surface area contributed by atoms with Crippen LogP contribution in [0.25, 0.3) is 22.9 Å². The van der Waals surface area contributed by atoms with Crippen LogP contribution in [0.1, 0.15) is 0 Å². The van der Waals surface area contributed by atoms with E-state index >= 15 is 0 Å². The Hall–Kier alpha value is -4.52. The van der Waals surface area contributed by atoms with Gasteiger partial charge in [0, 0.05) is 28.2 Å². The molecule has 0 aliphatic carbocycles. The molecule has 31 heavy (non-hydrogen) atoms. The van der Waals surface area contributed by atoms with E-state index in [4.69, 9.17) is 8.83 Å². The molecule has 152 valence electrons. The molecule has 3 aromatic carbocycles. The summed E-state index contributed by atoms with van der Waals surface area (Å²) in [6.07, 6.45) is 2.55. The van der Waals surface area contributed by atoms with Gasteiger partial charge in [-0.25, -0.2) is 9.97 Å². The van der Waals surface area contributed by atoms with E-state index < -0.39 is 0 Å². The lowest BCUT2D eigenvalue weighted by Gasteiger charge is -2.25. The number of aromatic hydroxyl groups is 2. The van der Waals surface area contributed by atoms with E-state index in [0.717, 1.165) is 28.2 Å². The maximum absolute atomic E-state index is 9.40. The number of oxazole rings is 2. The number of aromatic nitrogens is 2. The summed E-state index contributed by atoms with van der Waals surface area (Å²) < 4.78 is 10.4. The van der Waals surface area contributed by atoms with Crippen molar-refractivity contribution < 1.29 is 19.0 Å². The molecule has 5 aromatic rings. The molecule has 0 unspecified atom stereocenters. The largest absolute Gasteiger partial charge is 0.480 e. The van der Waals surface area contributed by atoms with Crippen LogP contribution in [0.15, 0.2) is 100 Å². The van der Waals surface area contributed by atoms with Gasteiger partial charge in [-0.15, -0.1) is 0 Å². The summed E-state index contributed by atoms with van der Waals surface area (Å²) in [4.78, 5) is 10.2. The number of hydrogen-bond acceptors (Lipinski definition) is 7. The van der Waals surface area contributed by atoms with E-state index in [1.807, 2.05) is 78.9 Å². The predicted octanol–water partition coefficient (Wildman–Crippen LogP) is 5.88. The van der Waals surface area contributed by atoms with Gasteiger partial charge in [0.25, 0.3) is 0 Å². The van der Waals surface area contributed by atoms with Crippen LogP contribution in [-0.4, -0.2) is 20.2 Å². The number of benzene rings is 3. The van der Waals surface area contributed by atoms with Gasteiger partial charge in [0.1, 0.15) is 12.4 Å². The molecule has 2 heterocycles. The highest BCUT2D eigenvalue weighted by Crippen LogP contribution is 2.36. The second-order valence-electron chi connectivity index (χ2n) is 6.77. The zero-order chi connectivity index (χ0) is 21.2. The molecular formula is C24H17N3O4. The highest BCUT2D eigenvalue weighted by atomic mass is 16.5. The fourth-order valence-electron chi connectivity index (χ4n) is 3.33. The van der Waals surface area contributed by atoms with Gasteiger partial charge in [0.15, 0.2) is 0 Å². The molecule has 2 aromatic heterocycles. The summed E-state index contributed by atoms with van der Waals surface area (Å²) in [5, 5.41) is 18.8. The zero-order valence-electron chi connectivity index (χ0n) is 16.2. The normalized spacial score (nSPS) is 10.8. The highest BCUT2D eigenvalue weighted by Gasteiger charge is 2.14. The van der Waals surface area contributed by atoms with E-state index in [1.54, 1.807) is 0 Å². The maximum Gasteiger partial charge on any atom is 0.302 e. The molecule has 2 N–H and O–H groups in total. The summed E-state index contributed by atoms with van der Waals surface area (Å²) in [7, 11) is 0. The molecule has 0 radical (unpaired) electrons. The minimum Gasteiger partial charge on any atom is -0.480 e. The van der Waals surface area contributed by atoms with Crippen molar-refractivity contribution in [3.05, 3.63) is 91.3 Å². The van der Waals surface area contributed by atoms with Gasteiger partial charge in [-0.05, 0) is 60.7 Å². The van der Waals surface area contributed by atoms with Gasteiger partial charge < -0.3 is 23.9 Å². The van der Waals surface area contributed by atoms with Crippen LogP contribution in [-0.2, 0) is 0 Å². The van der Waals surface area contributed by atoms with Crippen molar-refractivity contribution in [1.29, 1.82) is 0 Å². The SMILES string of the molecule is Oc1cnc(-c2ccc(N(c3ccccc3)c3ccc(-c4ncc(O)o4)cc3)cc2)o1. The number of nitrogens with zero attached hydrogens (tertiary/aromatic N) is 3. The summed E-state index contributed by atoms with van der Waals surface area (Å²) in [6.45, 7) is 0. The predicted molar refractivity (Wildman–Crippen MR) is 115 cm³/mol. The van der Waals surface area contributed by atoms with E-state index in [-0.39, 0.29) is 11.9 Å². The first-order valence-corrected chi connectivity index (χ1v) is 9.53. The monoisotopic (exact) mass is 411 g/mol. The molecule has 0 saturated heterocycles. The van der Waals surface area contributed by atoms with E-state index in [2.05, 4.69) is 14.9 Å². The summed E-state index contributed by atoms with van der Waals surface area (Å²) in [6, 6.07) is 25.4. The Morgan fingerprint density at radius 3 is 1.35 bits per heavy atom. The minimum absolute atomic E-state index is 0.218. The van der Waals surface area contributed by atoms with Crippen molar-refractivity contribution in [3.63, 3.8) is 0 Å². The minimum atomic E-state index is -0.218. The number of anilines is 3. The third kappa shape index (κ3) is 3.72. The molecule has 0 atom stereocenters. The third-order valence-corrected chi connectivity index (χ3v) is 4.75. The maximum atomic E-state index is 9.40. The number of rotatable bonds is 5. The first-order valence-electron chi connectivity index (χ1n) is 9.53. The Bertz CT molecular complexity index is 1210. The van der Waals surface area contributed by atoms with Gasteiger partial charge in [0.2, 0.25) is 11.8 Å². The molecule has 0 saturated carbocycles. The average Bonchev–Trinajstić information content (AvgIpc) is 3.44. The first-order chi connectivity index (χ1) is 15.2. The van der Waals surface area contributed by atoms with Crippen molar-refractivity contribution in [1.82, 2.24) is 9.97 Å². The van der Waals surface area contributed by atoms with Crippen LogP contribution >= 0.6 is 0 Å². The van der Waals surface area contributed by atoms with Crippen LogP contribution in [0.4, 0.5) is 17.1 Å². The summed E-state index contributed by atoms with van der Waals surface area (Å²) in [5.74, 6) is 0.275. The molecular weight excluding hydrogens is 394 g/mol. The standard InChI is InChI=1S/C24H17N3O4/c28-21-14-25-23(30-21)16-6-10-19(11-7-16)27(18-4-2-1-3-5-18)20-12-8-17(9-13-20)24-26-15-22(29)31-24/h1-15,28-29H. The van der Waals surface area contributed by atoms with E-state index in [1.165, 1.54) is 12.4 Å². The van der Waals surface area contributed by atoms with Gasteiger partial charge in [-0.3, -0.25) is 0 Å². The van der Waals surface area contributed by atoms with Gasteiger partial charge in [-0.2, -0.15) is 0 Å². The van der Waals surface area contributed by atoms with E-state index in [9.17, 15) is 10.2 Å². The molecule has 7 nitrogen and oxygen atoms in total. The Morgan fingerprint density at radius 2 is 0.968 bits per heavy atom. The van der Waals surface area contributed by atoms with Crippen molar-refractivity contribution in [3.8, 4) is 34.8 Å². The number of para-hydroxylation sites is 1. The Labute approximate surface area is 177 Å².